The van der Waals surface area contributed by atoms with Crippen molar-refractivity contribution in [2.75, 3.05) is 11.9 Å². The fraction of sp³-hybridized carbons (Fsp3) is 0.333. The number of pyridine rings is 1. The van der Waals surface area contributed by atoms with Crippen molar-refractivity contribution in [1.82, 2.24) is 4.98 Å². The van der Waals surface area contributed by atoms with Gasteiger partial charge in [-0.15, -0.1) is 0 Å². The van der Waals surface area contributed by atoms with Gasteiger partial charge in [0.1, 0.15) is 12.4 Å². The van der Waals surface area contributed by atoms with Gasteiger partial charge in [-0.05, 0) is 35.9 Å². The van der Waals surface area contributed by atoms with Crippen LogP contribution in [-0.4, -0.2) is 22.6 Å². The van der Waals surface area contributed by atoms with Crippen LogP contribution in [0.2, 0.25) is 0 Å². The maximum absolute atomic E-state index is 10.6. The normalized spacial score (nSPS) is 10.6. The molecule has 0 spiro atoms. The molecule has 0 unspecified atom stereocenters. The Morgan fingerprint density at radius 3 is 2.95 bits per heavy atom. The standard InChI is InChI=1S/C15H18N2O2/c1-2-3-4-11-5-6-12-7-8-16-15(13(12)9-11)17-10-14(18)19/h5-9H,2-4,10H2,1H3,(H,16,17)(H,18,19). The van der Waals surface area contributed by atoms with Crippen LogP contribution in [0.1, 0.15) is 25.3 Å². The molecule has 1 heterocycles. The zero-order chi connectivity index (χ0) is 13.7. The van der Waals surface area contributed by atoms with Gasteiger partial charge in [-0.2, -0.15) is 0 Å². The van der Waals surface area contributed by atoms with Gasteiger partial charge in [0.15, 0.2) is 0 Å². The van der Waals surface area contributed by atoms with Crippen molar-refractivity contribution < 1.29 is 9.90 Å². The molecule has 0 radical (unpaired) electrons. The summed E-state index contributed by atoms with van der Waals surface area (Å²) in [6.45, 7) is 2.05. The second-order valence-electron chi connectivity index (χ2n) is 4.57. The number of hydrogen-bond donors (Lipinski definition) is 2. The van der Waals surface area contributed by atoms with Gasteiger partial charge in [-0.1, -0.05) is 25.5 Å². The Kier molecular flexibility index (Phi) is 4.34. The first kappa shape index (κ1) is 13.3. The number of anilines is 1. The van der Waals surface area contributed by atoms with E-state index in [4.69, 9.17) is 5.11 Å². The number of unbranched alkanes of at least 4 members (excludes halogenated alkanes) is 1. The minimum atomic E-state index is -0.888. The van der Waals surface area contributed by atoms with Crippen LogP contribution in [0.25, 0.3) is 10.8 Å². The fourth-order valence-corrected chi connectivity index (χ4v) is 2.05. The van der Waals surface area contributed by atoms with Crippen molar-refractivity contribution in [2.45, 2.75) is 26.2 Å². The minimum absolute atomic E-state index is 0.120. The molecule has 0 saturated carbocycles. The van der Waals surface area contributed by atoms with Crippen LogP contribution in [0.5, 0.6) is 0 Å². The van der Waals surface area contributed by atoms with E-state index in [1.165, 1.54) is 5.56 Å². The summed E-state index contributed by atoms with van der Waals surface area (Å²) in [6.07, 6.45) is 5.05. The van der Waals surface area contributed by atoms with Crippen LogP contribution in [0, 0.1) is 0 Å². The molecule has 2 rings (SSSR count). The molecule has 0 saturated heterocycles. The average molecular weight is 258 g/mol. The Bertz CT molecular complexity index is 581. The van der Waals surface area contributed by atoms with Gasteiger partial charge in [0, 0.05) is 11.6 Å². The molecule has 0 aliphatic rings. The molecule has 1 aromatic heterocycles. The van der Waals surface area contributed by atoms with Crippen LogP contribution >= 0.6 is 0 Å². The molecule has 0 amide bonds. The van der Waals surface area contributed by atoms with Crippen LogP contribution in [-0.2, 0) is 11.2 Å². The van der Waals surface area contributed by atoms with E-state index in [0.29, 0.717) is 5.82 Å². The first-order chi connectivity index (χ1) is 9.20. The number of carbonyl (C=O) groups is 1. The zero-order valence-electron chi connectivity index (χ0n) is 11.0. The van der Waals surface area contributed by atoms with Gasteiger partial charge < -0.3 is 10.4 Å². The maximum atomic E-state index is 10.6. The Hall–Kier alpha value is -2.10. The number of carboxylic acid groups (broad SMARTS) is 1. The monoisotopic (exact) mass is 258 g/mol. The highest BCUT2D eigenvalue weighted by Gasteiger charge is 2.05. The molecule has 100 valence electrons. The lowest BCUT2D eigenvalue weighted by atomic mass is 10.0. The number of nitrogens with one attached hydrogen (secondary N) is 1. The number of rotatable bonds is 6. The van der Waals surface area contributed by atoms with E-state index in [-0.39, 0.29) is 6.54 Å². The number of hydrogen-bond acceptors (Lipinski definition) is 3. The number of aromatic nitrogens is 1. The second-order valence-corrected chi connectivity index (χ2v) is 4.57. The van der Waals surface area contributed by atoms with Crippen LogP contribution in [0.15, 0.2) is 30.5 Å². The fourth-order valence-electron chi connectivity index (χ4n) is 2.05. The number of nitrogens with zero attached hydrogens (tertiary/aromatic N) is 1. The number of aryl methyl sites for hydroxylation is 1. The van der Waals surface area contributed by atoms with E-state index >= 15 is 0 Å². The minimum Gasteiger partial charge on any atom is -0.480 e. The first-order valence-electron chi connectivity index (χ1n) is 6.54. The largest absolute Gasteiger partial charge is 0.480 e. The van der Waals surface area contributed by atoms with Crippen LogP contribution < -0.4 is 5.32 Å². The molecular formula is C15H18N2O2. The number of carboxylic acids is 1. The smallest absolute Gasteiger partial charge is 0.322 e. The van der Waals surface area contributed by atoms with Gasteiger partial charge in [0.25, 0.3) is 0 Å². The van der Waals surface area contributed by atoms with Crippen molar-refractivity contribution in [3.8, 4) is 0 Å². The topological polar surface area (TPSA) is 62.2 Å². The third-order valence-corrected chi connectivity index (χ3v) is 3.06. The molecule has 2 N–H and O–H groups in total. The van der Waals surface area contributed by atoms with Crippen molar-refractivity contribution >= 4 is 22.6 Å². The van der Waals surface area contributed by atoms with E-state index < -0.39 is 5.97 Å². The summed E-state index contributed by atoms with van der Waals surface area (Å²) in [7, 11) is 0. The summed E-state index contributed by atoms with van der Waals surface area (Å²) in [6, 6.07) is 8.22. The van der Waals surface area contributed by atoms with Crippen LogP contribution in [0.4, 0.5) is 5.82 Å². The van der Waals surface area contributed by atoms with E-state index in [1.54, 1.807) is 6.20 Å². The quantitative estimate of drug-likeness (QED) is 0.835. The van der Waals surface area contributed by atoms with Gasteiger partial charge in [0.05, 0.1) is 0 Å². The molecular weight excluding hydrogens is 240 g/mol. The summed E-state index contributed by atoms with van der Waals surface area (Å²) in [5, 5.41) is 13.6. The molecule has 1 aromatic carbocycles. The lowest BCUT2D eigenvalue weighted by Gasteiger charge is -2.08. The molecule has 0 aliphatic heterocycles. The van der Waals surface area contributed by atoms with Gasteiger partial charge in [0.2, 0.25) is 0 Å². The molecule has 4 nitrogen and oxygen atoms in total. The number of benzene rings is 1. The third kappa shape index (κ3) is 3.44. The van der Waals surface area contributed by atoms with Crippen molar-refractivity contribution in [3.05, 3.63) is 36.0 Å². The molecule has 0 bridgehead atoms. The summed E-state index contributed by atoms with van der Waals surface area (Å²) >= 11 is 0. The Labute approximate surface area is 112 Å². The maximum Gasteiger partial charge on any atom is 0.322 e. The predicted molar refractivity (Wildman–Crippen MR) is 76.5 cm³/mol. The molecule has 0 atom stereocenters. The van der Waals surface area contributed by atoms with E-state index in [0.717, 1.165) is 30.0 Å². The molecule has 19 heavy (non-hydrogen) atoms. The summed E-state index contributed by atoms with van der Waals surface area (Å²) in [5.74, 6) is -0.251. The number of aliphatic carboxylic acids is 1. The lowest BCUT2D eigenvalue weighted by molar-refractivity contribution is -0.134. The van der Waals surface area contributed by atoms with E-state index in [9.17, 15) is 4.79 Å². The molecule has 0 aliphatic carbocycles. The summed E-state index contributed by atoms with van der Waals surface area (Å²) in [5.41, 5.74) is 1.26. The molecule has 0 fully saturated rings. The first-order valence-corrected chi connectivity index (χ1v) is 6.54. The van der Waals surface area contributed by atoms with Crippen molar-refractivity contribution in [1.29, 1.82) is 0 Å². The summed E-state index contributed by atoms with van der Waals surface area (Å²) in [4.78, 5) is 14.9. The lowest BCUT2D eigenvalue weighted by Crippen LogP contribution is -2.13. The van der Waals surface area contributed by atoms with Gasteiger partial charge in [-0.3, -0.25) is 4.79 Å². The van der Waals surface area contributed by atoms with E-state index in [1.807, 2.05) is 6.07 Å². The highest BCUT2D eigenvalue weighted by molar-refractivity contribution is 5.93. The zero-order valence-corrected chi connectivity index (χ0v) is 11.0. The highest BCUT2D eigenvalue weighted by Crippen LogP contribution is 2.23. The third-order valence-electron chi connectivity index (χ3n) is 3.06. The molecule has 2 aromatic rings. The van der Waals surface area contributed by atoms with Crippen molar-refractivity contribution in [2.24, 2.45) is 0 Å². The molecule has 4 heteroatoms. The second kappa shape index (κ2) is 6.18. The number of fused-ring (bicyclic) bond motifs is 1. The average Bonchev–Trinajstić information content (AvgIpc) is 2.42. The SMILES string of the molecule is CCCCc1ccc2ccnc(NCC(=O)O)c2c1. The summed E-state index contributed by atoms with van der Waals surface area (Å²) < 4.78 is 0. The predicted octanol–water partition coefficient (Wildman–Crippen LogP) is 3.07. The van der Waals surface area contributed by atoms with E-state index in [2.05, 4.69) is 35.4 Å². The Balaban J connectivity index is 2.31. The van der Waals surface area contributed by atoms with Gasteiger partial charge >= 0.3 is 5.97 Å². The Morgan fingerprint density at radius 1 is 1.37 bits per heavy atom. The Morgan fingerprint density at radius 2 is 2.21 bits per heavy atom. The van der Waals surface area contributed by atoms with Crippen LogP contribution in [0.3, 0.4) is 0 Å². The van der Waals surface area contributed by atoms with Gasteiger partial charge in [-0.25, -0.2) is 4.98 Å². The highest BCUT2D eigenvalue weighted by atomic mass is 16.4. The van der Waals surface area contributed by atoms with Crippen molar-refractivity contribution in [3.63, 3.8) is 0 Å².